The predicted molar refractivity (Wildman–Crippen MR) is 118 cm³/mol. The molecular weight excluding hydrogens is 358 g/mol. The normalized spacial score (nSPS) is 18.7. The molecule has 0 N–H and O–H groups in total. The van der Waals surface area contributed by atoms with Gasteiger partial charge in [-0.25, -0.2) is 0 Å². The molecule has 29 heavy (non-hydrogen) atoms. The van der Waals surface area contributed by atoms with Crippen LogP contribution in [-0.2, 0) is 16.0 Å². The van der Waals surface area contributed by atoms with Gasteiger partial charge in [-0.05, 0) is 35.8 Å². The highest BCUT2D eigenvalue weighted by atomic mass is 16.5. The fourth-order valence-corrected chi connectivity index (χ4v) is 3.80. The van der Waals surface area contributed by atoms with Gasteiger partial charge in [-0.1, -0.05) is 72.8 Å². The van der Waals surface area contributed by atoms with E-state index in [1.54, 1.807) is 0 Å². The molecule has 1 heterocycles. The minimum absolute atomic E-state index is 0.0267. The number of hydrogen-bond donors (Lipinski definition) is 0. The number of carbonyl (C=O) groups excluding carboxylic acids is 1. The van der Waals surface area contributed by atoms with Crippen LogP contribution in [0.4, 0.5) is 5.69 Å². The molecule has 146 valence electrons. The number of hydrogen-bond acceptors (Lipinski definition) is 3. The first kappa shape index (κ1) is 19.0. The number of ether oxygens (including phenoxy) is 1. The average Bonchev–Trinajstić information content (AvgIpc) is 2.76. The highest BCUT2D eigenvalue weighted by molar-refractivity contribution is 5.84. The van der Waals surface area contributed by atoms with E-state index in [4.69, 9.17) is 4.74 Å². The Morgan fingerprint density at radius 2 is 1.45 bits per heavy atom. The second-order valence-electron chi connectivity index (χ2n) is 7.63. The van der Waals surface area contributed by atoms with Crippen LogP contribution < -0.4 is 4.90 Å². The lowest BCUT2D eigenvalue weighted by molar-refractivity contribution is -0.142. The summed E-state index contributed by atoms with van der Waals surface area (Å²) in [5, 5.41) is 0. The summed E-state index contributed by atoms with van der Waals surface area (Å²) in [5.74, 6) is 0.191. The fraction of sp³-hybridized carbons (Fsp3) is 0.192. The minimum atomic E-state index is -0.255. The van der Waals surface area contributed by atoms with Gasteiger partial charge in [0.05, 0.1) is 5.92 Å². The van der Waals surface area contributed by atoms with Crippen LogP contribution in [0.1, 0.15) is 22.6 Å². The Hall–Kier alpha value is -3.33. The Bertz CT molecular complexity index is 992. The quantitative estimate of drug-likeness (QED) is 0.561. The van der Waals surface area contributed by atoms with Crippen LogP contribution in [0.5, 0.6) is 0 Å². The van der Waals surface area contributed by atoms with Gasteiger partial charge in [0, 0.05) is 31.3 Å². The molecule has 3 nitrogen and oxygen atoms in total. The van der Waals surface area contributed by atoms with E-state index >= 15 is 0 Å². The maximum atomic E-state index is 13.1. The van der Waals surface area contributed by atoms with Crippen LogP contribution >= 0.6 is 0 Å². The lowest BCUT2D eigenvalue weighted by Crippen LogP contribution is -2.29. The van der Waals surface area contributed by atoms with E-state index < -0.39 is 0 Å². The first-order valence-corrected chi connectivity index (χ1v) is 9.92. The summed E-state index contributed by atoms with van der Waals surface area (Å²) in [4.78, 5) is 15.1. The molecule has 0 aliphatic carbocycles. The van der Waals surface area contributed by atoms with Gasteiger partial charge in [-0.15, -0.1) is 0 Å². The molecule has 0 radical (unpaired) electrons. The summed E-state index contributed by atoms with van der Waals surface area (Å²) in [6, 6.07) is 28.4. The third-order valence-electron chi connectivity index (χ3n) is 5.43. The molecular formula is C26H25NO2. The highest BCUT2D eigenvalue weighted by Crippen LogP contribution is 2.38. The first-order chi connectivity index (χ1) is 14.1. The molecule has 4 rings (SSSR count). The maximum Gasteiger partial charge on any atom is 0.315 e. The lowest BCUT2D eigenvalue weighted by Gasteiger charge is -2.29. The van der Waals surface area contributed by atoms with Crippen molar-refractivity contribution in [2.24, 2.45) is 5.92 Å². The van der Waals surface area contributed by atoms with Gasteiger partial charge >= 0.3 is 5.97 Å². The van der Waals surface area contributed by atoms with Crippen LogP contribution in [0.15, 0.2) is 91.0 Å². The molecule has 0 saturated heterocycles. The van der Waals surface area contributed by atoms with Crippen LogP contribution in [0.2, 0.25) is 0 Å². The topological polar surface area (TPSA) is 29.5 Å². The van der Waals surface area contributed by atoms with E-state index in [1.807, 2.05) is 62.6 Å². The van der Waals surface area contributed by atoms with Crippen molar-refractivity contribution in [1.82, 2.24) is 0 Å². The Balaban J connectivity index is 1.68. The summed E-state index contributed by atoms with van der Waals surface area (Å²) in [5.41, 5.74) is 4.34. The van der Waals surface area contributed by atoms with Gasteiger partial charge in [0.25, 0.3) is 0 Å². The molecule has 3 aromatic carbocycles. The van der Waals surface area contributed by atoms with Gasteiger partial charge in [-0.3, -0.25) is 4.79 Å². The summed E-state index contributed by atoms with van der Waals surface area (Å²) in [7, 11) is 4.05. The second-order valence-corrected chi connectivity index (χ2v) is 7.63. The lowest BCUT2D eigenvalue weighted by atomic mass is 9.80. The molecule has 0 aromatic heterocycles. The average molecular weight is 383 g/mol. The molecule has 3 aromatic rings. The predicted octanol–water partition coefficient (Wildman–Crippen LogP) is 5.29. The molecule has 0 saturated carbocycles. The van der Waals surface area contributed by atoms with Crippen LogP contribution in [0, 0.1) is 5.92 Å². The number of allylic oxidation sites excluding steroid dienone is 1. The number of rotatable bonds is 5. The zero-order valence-electron chi connectivity index (χ0n) is 16.8. The second kappa shape index (κ2) is 8.36. The molecule has 0 fully saturated rings. The number of anilines is 1. The highest BCUT2D eigenvalue weighted by Gasteiger charge is 2.35. The zero-order chi connectivity index (χ0) is 20.2. The van der Waals surface area contributed by atoms with E-state index in [9.17, 15) is 4.79 Å². The Morgan fingerprint density at radius 1 is 0.828 bits per heavy atom. The van der Waals surface area contributed by atoms with Crippen molar-refractivity contribution in [2.45, 2.75) is 12.3 Å². The SMILES string of the molecule is CN(C)c1ccc(C[C@@H]2C(=O)OC(c3ccccc3)=C[C@@H]2c2ccccc2)cc1. The smallest absolute Gasteiger partial charge is 0.315 e. The van der Waals surface area contributed by atoms with E-state index in [0.717, 1.165) is 22.4 Å². The van der Waals surface area contributed by atoms with Crippen molar-refractivity contribution < 1.29 is 9.53 Å². The number of benzene rings is 3. The van der Waals surface area contributed by atoms with Gasteiger partial charge in [0.15, 0.2) is 0 Å². The Labute approximate surface area is 172 Å². The summed E-state index contributed by atoms with van der Waals surface area (Å²) in [6.45, 7) is 0. The van der Waals surface area contributed by atoms with Crippen molar-refractivity contribution in [2.75, 3.05) is 19.0 Å². The molecule has 0 spiro atoms. The van der Waals surface area contributed by atoms with Crippen molar-refractivity contribution in [3.63, 3.8) is 0 Å². The van der Waals surface area contributed by atoms with E-state index in [2.05, 4.69) is 47.4 Å². The van der Waals surface area contributed by atoms with Gasteiger partial charge in [0.1, 0.15) is 5.76 Å². The van der Waals surface area contributed by atoms with Crippen LogP contribution in [0.3, 0.4) is 0 Å². The monoisotopic (exact) mass is 383 g/mol. The zero-order valence-corrected chi connectivity index (χ0v) is 16.8. The third kappa shape index (κ3) is 4.24. The summed E-state index contributed by atoms with van der Waals surface area (Å²) in [6.07, 6.45) is 2.75. The van der Waals surface area contributed by atoms with E-state index in [1.165, 1.54) is 0 Å². The number of nitrogens with zero attached hydrogens (tertiary/aromatic N) is 1. The van der Waals surface area contributed by atoms with E-state index in [0.29, 0.717) is 12.2 Å². The number of cyclic esters (lactones) is 1. The maximum absolute atomic E-state index is 13.1. The molecule has 2 atom stereocenters. The Morgan fingerprint density at radius 3 is 2.07 bits per heavy atom. The molecule has 1 aliphatic heterocycles. The van der Waals surface area contributed by atoms with Gasteiger partial charge in [-0.2, -0.15) is 0 Å². The van der Waals surface area contributed by atoms with E-state index in [-0.39, 0.29) is 17.8 Å². The molecule has 3 heteroatoms. The molecule has 1 aliphatic rings. The minimum Gasteiger partial charge on any atom is -0.426 e. The van der Waals surface area contributed by atoms with Gasteiger partial charge in [0.2, 0.25) is 0 Å². The number of esters is 1. The van der Waals surface area contributed by atoms with Crippen LogP contribution in [0.25, 0.3) is 5.76 Å². The van der Waals surface area contributed by atoms with Gasteiger partial charge < -0.3 is 9.64 Å². The molecule has 0 amide bonds. The van der Waals surface area contributed by atoms with Crippen molar-refractivity contribution in [3.05, 3.63) is 108 Å². The van der Waals surface area contributed by atoms with Crippen molar-refractivity contribution in [1.29, 1.82) is 0 Å². The molecule has 0 unspecified atom stereocenters. The van der Waals surface area contributed by atoms with Crippen molar-refractivity contribution >= 4 is 17.4 Å². The summed E-state index contributed by atoms with van der Waals surface area (Å²) < 4.78 is 5.78. The Kier molecular flexibility index (Phi) is 5.48. The third-order valence-corrected chi connectivity index (χ3v) is 5.43. The molecule has 0 bridgehead atoms. The number of carbonyl (C=O) groups is 1. The standard InChI is InChI=1S/C26H25NO2/c1-27(2)22-15-13-19(14-16-22)17-24-23(20-9-5-3-6-10-20)18-25(29-26(24)28)21-11-7-4-8-12-21/h3-16,18,23-24H,17H2,1-2H3/t23-,24+/m1/s1. The largest absolute Gasteiger partial charge is 0.426 e. The van der Waals surface area contributed by atoms with Crippen LogP contribution in [-0.4, -0.2) is 20.1 Å². The fourth-order valence-electron chi connectivity index (χ4n) is 3.80. The summed E-state index contributed by atoms with van der Waals surface area (Å²) >= 11 is 0. The van der Waals surface area contributed by atoms with Crippen molar-refractivity contribution in [3.8, 4) is 0 Å². The first-order valence-electron chi connectivity index (χ1n) is 9.92.